The van der Waals surface area contributed by atoms with Crippen LogP contribution in [0.2, 0.25) is 0 Å². The van der Waals surface area contributed by atoms with Crippen LogP contribution >= 0.6 is 0 Å². The number of rotatable bonds is 3. The molecule has 1 spiro atoms. The van der Waals surface area contributed by atoms with E-state index in [2.05, 4.69) is 26.2 Å². The van der Waals surface area contributed by atoms with Gasteiger partial charge < -0.3 is 14.8 Å². The first-order valence-corrected chi connectivity index (χ1v) is 8.45. The zero-order valence-corrected chi connectivity index (χ0v) is 13.4. The molecule has 2 heterocycles. The third-order valence-corrected chi connectivity index (χ3v) is 6.21. The van der Waals surface area contributed by atoms with E-state index in [1.165, 1.54) is 32.1 Å². The normalized spacial score (nSPS) is 42.1. The summed E-state index contributed by atoms with van der Waals surface area (Å²) >= 11 is 0. The van der Waals surface area contributed by atoms with E-state index in [-0.39, 0.29) is 5.60 Å². The fraction of sp³-hybridized carbons (Fsp3) is 1.00. The summed E-state index contributed by atoms with van der Waals surface area (Å²) in [5.74, 6) is 1.56. The van der Waals surface area contributed by atoms with Gasteiger partial charge in [0.05, 0.1) is 12.2 Å². The zero-order chi connectivity index (χ0) is 14.2. The Morgan fingerprint density at radius 3 is 2.60 bits per heavy atom. The molecule has 20 heavy (non-hydrogen) atoms. The summed E-state index contributed by atoms with van der Waals surface area (Å²) < 4.78 is 11.7. The molecule has 0 amide bonds. The van der Waals surface area contributed by atoms with E-state index in [4.69, 9.17) is 9.47 Å². The molecule has 0 aromatic rings. The van der Waals surface area contributed by atoms with Crippen molar-refractivity contribution in [1.29, 1.82) is 0 Å². The molecule has 1 aliphatic carbocycles. The molecule has 4 atom stereocenters. The summed E-state index contributed by atoms with van der Waals surface area (Å²) in [4.78, 5) is 0. The highest BCUT2D eigenvalue weighted by molar-refractivity contribution is 4.99. The third kappa shape index (κ3) is 2.65. The highest BCUT2D eigenvalue weighted by Gasteiger charge is 2.47. The molecule has 1 N–H and O–H groups in total. The van der Waals surface area contributed by atoms with Crippen LogP contribution in [0.4, 0.5) is 0 Å². The van der Waals surface area contributed by atoms with Gasteiger partial charge in [-0.3, -0.25) is 0 Å². The quantitative estimate of drug-likeness (QED) is 0.862. The second kappa shape index (κ2) is 5.58. The molecule has 116 valence electrons. The Morgan fingerprint density at radius 2 is 2.00 bits per heavy atom. The molecule has 0 aromatic heterocycles. The molecular weight excluding hydrogens is 250 g/mol. The maximum atomic E-state index is 6.11. The summed E-state index contributed by atoms with van der Waals surface area (Å²) in [6.45, 7) is 7.53. The summed E-state index contributed by atoms with van der Waals surface area (Å²) in [7, 11) is 2.16. The van der Waals surface area contributed by atoms with Gasteiger partial charge in [-0.25, -0.2) is 0 Å². The lowest BCUT2D eigenvalue weighted by molar-refractivity contribution is -0.107. The van der Waals surface area contributed by atoms with E-state index in [0.29, 0.717) is 11.5 Å². The molecular formula is C17H31NO2. The number of ether oxygens (including phenoxy) is 2. The minimum atomic E-state index is 0.0424. The van der Waals surface area contributed by atoms with Crippen LogP contribution in [0, 0.1) is 17.3 Å². The first-order chi connectivity index (χ1) is 9.56. The molecule has 0 radical (unpaired) electrons. The van der Waals surface area contributed by atoms with Gasteiger partial charge in [-0.05, 0) is 50.0 Å². The maximum absolute atomic E-state index is 6.11. The molecule has 0 bridgehead atoms. The van der Waals surface area contributed by atoms with Crippen LogP contribution in [-0.4, -0.2) is 38.5 Å². The predicted octanol–water partition coefficient (Wildman–Crippen LogP) is 2.99. The van der Waals surface area contributed by atoms with Crippen molar-refractivity contribution in [3.63, 3.8) is 0 Å². The minimum Gasteiger partial charge on any atom is -0.378 e. The van der Waals surface area contributed by atoms with Gasteiger partial charge in [0.2, 0.25) is 0 Å². The Bertz CT molecular complexity index is 336. The van der Waals surface area contributed by atoms with Crippen molar-refractivity contribution in [1.82, 2.24) is 5.32 Å². The molecule has 3 nitrogen and oxygen atoms in total. The highest BCUT2D eigenvalue weighted by atomic mass is 16.6. The lowest BCUT2D eigenvalue weighted by Gasteiger charge is -2.44. The Hall–Kier alpha value is -0.120. The average molecular weight is 281 g/mol. The molecule has 2 aliphatic heterocycles. The van der Waals surface area contributed by atoms with E-state index in [9.17, 15) is 0 Å². The van der Waals surface area contributed by atoms with E-state index >= 15 is 0 Å². The van der Waals surface area contributed by atoms with Gasteiger partial charge in [0.25, 0.3) is 0 Å². The van der Waals surface area contributed by atoms with E-state index in [1.54, 1.807) is 0 Å². The van der Waals surface area contributed by atoms with Crippen molar-refractivity contribution < 1.29 is 9.47 Å². The van der Waals surface area contributed by atoms with Gasteiger partial charge >= 0.3 is 0 Å². The van der Waals surface area contributed by atoms with E-state index in [0.717, 1.165) is 38.1 Å². The van der Waals surface area contributed by atoms with Crippen molar-refractivity contribution in [3.8, 4) is 0 Å². The second-order valence-electron chi connectivity index (χ2n) is 7.89. The molecule has 0 aromatic carbocycles. The first-order valence-electron chi connectivity index (χ1n) is 8.45. The average Bonchev–Trinajstić information content (AvgIpc) is 2.99. The number of hydrogen-bond donors (Lipinski definition) is 1. The smallest absolute Gasteiger partial charge is 0.0939 e. The summed E-state index contributed by atoms with van der Waals surface area (Å²) in [6.07, 6.45) is 7.65. The van der Waals surface area contributed by atoms with Gasteiger partial charge in [-0.15, -0.1) is 0 Å². The standard InChI is InChI=1S/C17H31NO2/c1-16(2)7-4-5-14(16)15(18-3)13-6-9-20-17(11-13)8-10-19-12-17/h13-15,18H,4-12H2,1-3H3. The summed E-state index contributed by atoms with van der Waals surface area (Å²) in [5, 5.41) is 3.68. The van der Waals surface area contributed by atoms with Crippen LogP contribution in [0.1, 0.15) is 52.4 Å². The van der Waals surface area contributed by atoms with Crippen LogP contribution in [0.5, 0.6) is 0 Å². The monoisotopic (exact) mass is 281 g/mol. The van der Waals surface area contributed by atoms with Crippen LogP contribution in [-0.2, 0) is 9.47 Å². The molecule has 1 saturated carbocycles. The van der Waals surface area contributed by atoms with E-state index < -0.39 is 0 Å². The molecule has 3 fully saturated rings. The molecule has 3 aliphatic rings. The zero-order valence-electron chi connectivity index (χ0n) is 13.4. The Balaban J connectivity index is 1.72. The number of hydrogen-bond acceptors (Lipinski definition) is 3. The fourth-order valence-electron chi connectivity index (χ4n) is 5.02. The van der Waals surface area contributed by atoms with E-state index in [1.807, 2.05) is 0 Å². The maximum Gasteiger partial charge on any atom is 0.0939 e. The van der Waals surface area contributed by atoms with Gasteiger partial charge in [0, 0.05) is 25.7 Å². The van der Waals surface area contributed by atoms with Crippen molar-refractivity contribution in [2.45, 2.75) is 64.0 Å². The van der Waals surface area contributed by atoms with Crippen LogP contribution in [0.15, 0.2) is 0 Å². The van der Waals surface area contributed by atoms with Gasteiger partial charge in [-0.1, -0.05) is 20.3 Å². The topological polar surface area (TPSA) is 30.5 Å². The number of nitrogens with one attached hydrogen (secondary N) is 1. The Labute approximate surface area is 123 Å². The summed E-state index contributed by atoms with van der Waals surface area (Å²) in [5.41, 5.74) is 0.534. The van der Waals surface area contributed by atoms with Gasteiger partial charge in [0.1, 0.15) is 0 Å². The highest BCUT2D eigenvalue weighted by Crippen LogP contribution is 2.48. The molecule has 4 unspecified atom stereocenters. The summed E-state index contributed by atoms with van der Waals surface area (Å²) in [6, 6.07) is 0.647. The first kappa shape index (κ1) is 14.8. The molecule has 3 rings (SSSR count). The van der Waals surface area contributed by atoms with Crippen LogP contribution in [0.25, 0.3) is 0 Å². The Morgan fingerprint density at radius 1 is 1.15 bits per heavy atom. The van der Waals surface area contributed by atoms with Crippen molar-refractivity contribution in [3.05, 3.63) is 0 Å². The third-order valence-electron chi connectivity index (χ3n) is 6.21. The Kier molecular flexibility index (Phi) is 4.13. The van der Waals surface area contributed by atoms with Crippen molar-refractivity contribution >= 4 is 0 Å². The lowest BCUT2D eigenvalue weighted by Crippen LogP contribution is -2.50. The molecule has 2 saturated heterocycles. The van der Waals surface area contributed by atoms with Crippen LogP contribution < -0.4 is 5.32 Å². The van der Waals surface area contributed by atoms with Crippen molar-refractivity contribution in [2.75, 3.05) is 26.9 Å². The molecule has 3 heteroatoms. The second-order valence-corrected chi connectivity index (χ2v) is 7.89. The SMILES string of the molecule is CNC(C1CCOC2(CCOC2)C1)C1CCCC1(C)C. The minimum absolute atomic E-state index is 0.0424. The van der Waals surface area contributed by atoms with Crippen molar-refractivity contribution in [2.24, 2.45) is 17.3 Å². The predicted molar refractivity (Wildman–Crippen MR) is 80.8 cm³/mol. The fourth-order valence-corrected chi connectivity index (χ4v) is 5.02. The van der Waals surface area contributed by atoms with Gasteiger partial charge in [-0.2, -0.15) is 0 Å². The van der Waals surface area contributed by atoms with Crippen LogP contribution in [0.3, 0.4) is 0 Å². The lowest BCUT2D eigenvalue weighted by atomic mass is 9.70. The van der Waals surface area contributed by atoms with Gasteiger partial charge in [0.15, 0.2) is 0 Å². The largest absolute Gasteiger partial charge is 0.378 e.